The molecule has 0 amide bonds. The minimum Gasteiger partial charge on any atom is -0.378 e. The Kier molecular flexibility index (Phi) is 4.59. The van der Waals surface area contributed by atoms with Gasteiger partial charge in [-0.25, -0.2) is 9.37 Å². The predicted molar refractivity (Wildman–Crippen MR) is 110 cm³/mol. The fraction of sp³-hybridized carbons (Fsp3) is 0.500. The first-order chi connectivity index (χ1) is 13.7. The zero-order valence-electron chi connectivity index (χ0n) is 16.2. The van der Waals surface area contributed by atoms with Crippen LogP contribution in [0.5, 0.6) is 0 Å². The van der Waals surface area contributed by atoms with Crippen molar-refractivity contribution in [3.8, 4) is 0 Å². The molecule has 0 aliphatic carbocycles. The molecule has 1 spiro atoms. The van der Waals surface area contributed by atoms with Crippen molar-refractivity contribution in [3.63, 3.8) is 0 Å². The molecule has 3 saturated heterocycles. The summed E-state index contributed by atoms with van der Waals surface area (Å²) in [6.07, 6.45) is 4.31. The number of rotatable bonds is 3. The summed E-state index contributed by atoms with van der Waals surface area (Å²) >= 11 is 0. The maximum Gasteiger partial charge on any atom is 0.130 e. The molecule has 0 atom stereocenters. The van der Waals surface area contributed by atoms with E-state index in [1.807, 2.05) is 12.3 Å². The van der Waals surface area contributed by atoms with Crippen LogP contribution in [0.3, 0.4) is 0 Å². The summed E-state index contributed by atoms with van der Waals surface area (Å²) in [6.45, 7) is 7.52. The van der Waals surface area contributed by atoms with Crippen molar-refractivity contribution in [2.45, 2.75) is 12.8 Å². The average Bonchev–Trinajstić information content (AvgIpc) is 2.73. The second kappa shape index (κ2) is 7.24. The predicted octanol–water partition coefficient (Wildman–Crippen LogP) is 3.16. The molecule has 0 unspecified atom stereocenters. The molecule has 5 rings (SSSR count). The summed E-state index contributed by atoms with van der Waals surface area (Å²) in [5.74, 6) is 0.911. The van der Waals surface area contributed by atoms with Gasteiger partial charge in [0.2, 0.25) is 0 Å². The maximum atomic E-state index is 13.6. The van der Waals surface area contributed by atoms with Gasteiger partial charge in [0, 0.05) is 68.3 Å². The Morgan fingerprint density at radius 2 is 1.68 bits per heavy atom. The van der Waals surface area contributed by atoms with Crippen LogP contribution < -0.4 is 14.7 Å². The van der Waals surface area contributed by atoms with Gasteiger partial charge in [-0.3, -0.25) is 0 Å². The molecule has 1 aromatic carbocycles. The van der Waals surface area contributed by atoms with E-state index < -0.39 is 0 Å². The molecule has 6 heteroatoms. The van der Waals surface area contributed by atoms with Crippen LogP contribution in [-0.4, -0.2) is 57.5 Å². The minimum absolute atomic E-state index is 0.156. The highest BCUT2D eigenvalue weighted by Crippen LogP contribution is 2.42. The minimum atomic E-state index is -0.156. The molecular weight excluding hydrogens is 355 g/mol. The molecule has 0 radical (unpaired) electrons. The molecule has 0 N–H and O–H groups in total. The van der Waals surface area contributed by atoms with E-state index in [9.17, 15) is 4.39 Å². The fourth-order valence-corrected chi connectivity index (χ4v) is 4.88. The van der Waals surface area contributed by atoms with Gasteiger partial charge in [0.05, 0.1) is 13.2 Å². The van der Waals surface area contributed by atoms with E-state index in [1.165, 1.54) is 18.2 Å². The Bertz CT molecular complexity index is 833. The maximum absolute atomic E-state index is 13.6. The Labute approximate surface area is 165 Å². The summed E-state index contributed by atoms with van der Waals surface area (Å²) in [5.41, 5.74) is 2.53. The van der Waals surface area contributed by atoms with Crippen molar-refractivity contribution in [3.05, 3.63) is 48.4 Å². The normalized spacial score (nSPS) is 21.7. The lowest BCUT2D eigenvalue weighted by atomic mass is 9.73. The first kappa shape index (κ1) is 17.7. The largest absolute Gasteiger partial charge is 0.378 e. The van der Waals surface area contributed by atoms with E-state index >= 15 is 0 Å². The smallest absolute Gasteiger partial charge is 0.130 e. The topological polar surface area (TPSA) is 31.8 Å². The Balaban J connectivity index is 1.26. The average molecular weight is 382 g/mol. The SMILES string of the molecule is Fc1cccc(N2CCCC3(C2)CN(c2cc(N4CCOCC4)ccn2)C3)c1. The third-order valence-electron chi connectivity index (χ3n) is 6.32. The third-order valence-corrected chi connectivity index (χ3v) is 6.32. The molecule has 5 nitrogen and oxygen atoms in total. The van der Waals surface area contributed by atoms with Gasteiger partial charge in [0.15, 0.2) is 0 Å². The van der Waals surface area contributed by atoms with Crippen molar-refractivity contribution in [2.75, 3.05) is 67.2 Å². The molecule has 3 aliphatic rings. The van der Waals surface area contributed by atoms with E-state index in [0.29, 0.717) is 5.41 Å². The van der Waals surface area contributed by atoms with Crippen LogP contribution in [-0.2, 0) is 4.74 Å². The van der Waals surface area contributed by atoms with Gasteiger partial charge in [-0.05, 0) is 37.1 Å². The first-order valence-electron chi connectivity index (χ1n) is 10.3. The molecule has 1 aromatic heterocycles. The number of halogens is 1. The number of aromatic nitrogens is 1. The van der Waals surface area contributed by atoms with Crippen LogP contribution in [0, 0.1) is 11.2 Å². The highest BCUT2D eigenvalue weighted by atomic mass is 19.1. The molecule has 0 bridgehead atoms. The lowest BCUT2D eigenvalue weighted by Crippen LogP contribution is -2.63. The lowest BCUT2D eigenvalue weighted by molar-refractivity contribution is 0.122. The van der Waals surface area contributed by atoms with E-state index in [0.717, 1.165) is 70.4 Å². The van der Waals surface area contributed by atoms with Gasteiger partial charge in [-0.15, -0.1) is 0 Å². The van der Waals surface area contributed by atoms with Crippen LogP contribution in [0.4, 0.5) is 21.6 Å². The molecule has 0 saturated carbocycles. The van der Waals surface area contributed by atoms with E-state index in [2.05, 4.69) is 31.8 Å². The summed E-state index contributed by atoms with van der Waals surface area (Å²) in [7, 11) is 0. The van der Waals surface area contributed by atoms with E-state index in [4.69, 9.17) is 4.74 Å². The summed E-state index contributed by atoms with van der Waals surface area (Å²) in [5, 5.41) is 0. The Morgan fingerprint density at radius 1 is 0.893 bits per heavy atom. The number of ether oxygens (including phenoxy) is 1. The number of benzene rings is 1. The molecule has 148 valence electrons. The Hall–Kier alpha value is -2.34. The van der Waals surface area contributed by atoms with Crippen molar-refractivity contribution >= 4 is 17.2 Å². The highest BCUT2D eigenvalue weighted by molar-refractivity contribution is 5.57. The van der Waals surface area contributed by atoms with Gasteiger partial charge < -0.3 is 19.4 Å². The van der Waals surface area contributed by atoms with Gasteiger partial charge in [-0.1, -0.05) is 6.07 Å². The first-order valence-corrected chi connectivity index (χ1v) is 10.3. The van der Waals surface area contributed by atoms with Gasteiger partial charge >= 0.3 is 0 Å². The standard InChI is InChI=1S/C22H27FN4O/c23-18-3-1-4-19(13-18)26-8-2-6-22(15-26)16-27(17-22)21-14-20(5-7-24-21)25-9-11-28-12-10-25/h1,3-5,7,13-14H,2,6,8-12,15-17H2. The van der Waals surface area contributed by atoms with Crippen LogP contribution in [0.2, 0.25) is 0 Å². The summed E-state index contributed by atoms with van der Waals surface area (Å²) in [4.78, 5) is 11.7. The number of nitrogens with zero attached hydrogens (tertiary/aromatic N) is 4. The molecule has 3 aliphatic heterocycles. The monoisotopic (exact) mass is 382 g/mol. The van der Waals surface area contributed by atoms with Crippen LogP contribution >= 0.6 is 0 Å². The van der Waals surface area contributed by atoms with Crippen LogP contribution in [0.25, 0.3) is 0 Å². The molecule has 2 aromatic rings. The van der Waals surface area contributed by atoms with E-state index in [-0.39, 0.29) is 5.82 Å². The number of morpholine rings is 1. The number of piperidine rings is 1. The lowest BCUT2D eigenvalue weighted by Gasteiger charge is -2.55. The fourth-order valence-electron chi connectivity index (χ4n) is 4.88. The summed E-state index contributed by atoms with van der Waals surface area (Å²) in [6, 6.07) is 11.3. The number of anilines is 3. The van der Waals surface area contributed by atoms with Crippen LogP contribution in [0.15, 0.2) is 42.6 Å². The van der Waals surface area contributed by atoms with Crippen molar-refractivity contribution < 1.29 is 9.13 Å². The van der Waals surface area contributed by atoms with Crippen molar-refractivity contribution in [1.29, 1.82) is 0 Å². The summed E-state index contributed by atoms with van der Waals surface area (Å²) < 4.78 is 19.1. The third kappa shape index (κ3) is 3.41. The number of hydrogen-bond acceptors (Lipinski definition) is 5. The van der Waals surface area contributed by atoms with Crippen LogP contribution in [0.1, 0.15) is 12.8 Å². The second-order valence-corrected chi connectivity index (χ2v) is 8.33. The van der Waals surface area contributed by atoms with Gasteiger partial charge in [0.25, 0.3) is 0 Å². The highest BCUT2D eigenvalue weighted by Gasteiger charge is 2.46. The van der Waals surface area contributed by atoms with Gasteiger partial charge in [-0.2, -0.15) is 0 Å². The molecule has 3 fully saturated rings. The van der Waals surface area contributed by atoms with Crippen molar-refractivity contribution in [1.82, 2.24) is 4.98 Å². The van der Waals surface area contributed by atoms with E-state index in [1.54, 1.807) is 12.1 Å². The quantitative estimate of drug-likeness (QED) is 0.814. The molecule has 4 heterocycles. The molecular formula is C22H27FN4O. The molecule has 28 heavy (non-hydrogen) atoms. The zero-order chi connectivity index (χ0) is 19.0. The number of pyridine rings is 1. The van der Waals surface area contributed by atoms with Gasteiger partial charge in [0.1, 0.15) is 11.6 Å². The second-order valence-electron chi connectivity index (χ2n) is 8.33. The number of hydrogen-bond donors (Lipinski definition) is 0. The Morgan fingerprint density at radius 3 is 2.50 bits per heavy atom. The van der Waals surface area contributed by atoms with Crippen molar-refractivity contribution in [2.24, 2.45) is 5.41 Å². The zero-order valence-corrected chi connectivity index (χ0v) is 16.2.